The van der Waals surface area contributed by atoms with Crippen LogP contribution in [-0.4, -0.2) is 66.2 Å². The molecular formula is C13H23N5O. The SMILES string of the molecule is CCN(CC)C(=O)c1ccc(NCCN(C)C)nn1. The van der Waals surface area contributed by atoms with E-state index in [9.17, 15) is 4.79 Å². The lowest BCUT2D eigenvalue weighted by atomic mass is 10.3. The van der Waals surface area contributed by atoms with Gasteiger partial charge in [-0.1, -0.05) is 0 Å². The maximum atomic E-state index is 12.0. The van der Waals surface area contributed by atoms with E-state index in [1.54, 1.807) is 17.0 Å². The third-order valence-electron chi connectivity index (χ3n) is 2.80. The second kappa shape index (κ2) is 7.68. The molecule has 0 aromatic carbocycles. The molecule has 0 saturated heterocycles. The Kier molecular flexibility index (Phi) is 6.21. The average molecular weight is 265 g/mol. The third-order valence-corrected chi connectivity index (χ3v) is 2.80. The number of nitrogens with zero attached hydrogens (tertiary/aromatic N) is 4. The summed E-state index contributed by atoms with van der Waals surface area (Å²) in [5.41, 5.74) is 0.391. The van der Waals surface area contributed by atoms with Crippen LogP contribution in [0.5, 0.6) is 0 Å². The predicted octanol–water partition coefficient (Wildman–Crippen LogP) is 0.932. The van der Waals surface area contributed by atoms with Crippen molar-refractivity contribution in [1.82, 2.24) is 20.0 Å². The van der Waals surface area contributed by atoms with Crippen molar-refractivity contribution in [2.24, 2.45) is 0 Å². The number of hydrogen-bond donors (Lipinski definition) is 1. The summed E-state index contributed by atoms with van der Waals surface area (Å²) in [5, 5.41) is 11.2. The molecule has 106 valence electrons. The molecule has 0 fully saturated rings. The summed E-state index contributed by atoms with van der Waals surface area (Å²) < 4.78 is 0. The molecule has 1 heterocycles. The topological polar surface area (TPSA) is 61.4 Å². The zero-order valence-corrected chi connectivity index (χ0v) is 12.2. The molecule has 1 rings (SSSR count). The van der Waals surface area contributed by atoms with Crippen LogP contribution in [0, 0.1) is 0 Å². The molecule has 0 bridgehead atoms. The second-order valence-corrected chi connectivity index (χ2v) is 4.51. The Balaban J connectivity index is 2.58. The van der Waals surface area contributed by atoms with E-state index in [1.807, 2.05) is 27.9 Å². The number of hydrogen-bond acceptors (Lipinski definition) is 5. The third kappa shape index (κ3) is 4.82. The summed E-state index contributed by atoms with van der Waals surface area (Å²) in [6.45, 7) is 6.98. The lowest BCUT2D eigenvalue weighted by molar-refractivity contribution is 0.0766. The standard InChI is InChI=1S/C13H23N5O/c1-5-18(6-2)13(19)11-7-8-12(16-15-11)14-9-10-17(3)4/h7-8H,5-6,9-10H2,1-4H3,(H,14,16). The van der Waals surface area contributed by atoms with Gasteiger partial charge in [-0.2, -0.15) is 0 Å². The van der Waals surface area contributed by atoms with Crippen molar-refractivity contribution in [2.75, 3.05) is 45.6 Å². The van der Waals surface area contributed by atoms with Crippen LogP contribution in [0.25, 0.3) is 0 Å². The molecule has 0 spiro atoms. The van der Waals surface area contributed by atoms with Gasteiger partial charge in [-0.3, -0.25) is 4.79 Å². The number of nitrogens with one attached hydrogen (secondary N) is 1. The summed E-state index contributed by atoms with van der Waals surface area (Å²) in [5.74, 6) is 0.621. The van der Waals surface area contributed by atoms with Crippen molar-refractivity contribution < 1.29 is 4.79 Å². The first-order valence-corrected chi connectivity index (χ1v) is 6.60. The van der Waals surface area contributed by atoms with E-state index >= 15 is 0 Å². The van der Waals surface area contributed by atoms with E-state index in [-0.39, 0.29) is 5.91 Å². The lowest BCUT2D eigenvalue weighted by Gasteiger charge is -2.17. The molecule has 19 heavy (non-hydrogen) atoms. The smallest absolute Gasteiger partial charge is 0.274 e. The van der Waals surface area contributed by atoms with Crippen LogP contribution >= 0.6 is 0 Å². The van der Waals surface area contributed by atoms with E-state index in [2.05, 4.69) is 20.4 Å². The fourth-order valence-corrected chi connectivity index (χ4v) is 1.62. The number of carbonyl (C=O) groups excluding carboxylic acids is 1. The lowest BCUT2D eigenvalue weighted by Crippen LogP contribution is -2.31. The summed E-state index contributed by atoms with van der Waals surface area (Å²) >= 11 is 0. The zero-order chi connectivity index (χ0) is 14.3. The van der Waals surface area contributed by atoms with E-state index in [4.69, 9.17) is 0 Å². The van der Waals surface area contributed by atoms with Gasteiger partial charge in [-0.25, -0.2) is 0 Å². The minimum absolute atomic E-state index is 0.0719. The van der Waals surface area contributed by atoms with Gasteiger partial charge in [0.1, 0.15) is 5.82 Å². The minimum atomic E-state index is -0.0719. The highest BCUT2D eigenvalue weighted by Gasteiger charge is 2.14. The van der Waals surface area contributed by atoms with Gasteiger partial charge >= 0.3 is 0 Å². The van der Waals surface area contributed by atoms with Crippen LogP contribution < -0.4 is 5.32 Å². The Morgan fingerprint density at radius 3 is 2.37 bits per heavy atom. The number of carbonyl (C=O) groups is 1. The van der Waals surface area contributed by atoms with Gasteiger partial charge in [0.05, 0.1) is 0 Å². The van der Waals surface area contributed by atoms with Gasteiger partial charge in [-0.05, 0) is 40.1 Å². The summed E-state index contributed by atoms with van der Waals surface area (Å²) in [7, 11) is 4.03. The van der Waals surface area contributed by atoms with Crippen molar-refractivity contribution in [3.8, 4) is 0 Å². The number of likely N-dealkylation sites (N-methyl/N-ethyl adjacent to an activating group) is 1. The van der Waals surface area contributed by atoms with Crippen molar-refractivity contribution >= 4 is 11.7 Å². The molecular weight excluding hydrogens is 242 g/mol. The molecule has 0 atom stereocenters. The molecule has 1 aromatic heterocycles. The highest BCUT2D eigenvalue weighted by atomic mass is 16.2. The fraction of sp³-hybridized carbons (Fsp3) is 0.615. The Labute approximate surface area is 114 Å². The van der Waals surface area contributed by atoms with Gasteiger partial charge in [0.25, 0.3) is 5.91 Å². The Morgan fingerprint density at radius 1 is 1.21 bits per heavy atom. The molecule has 1 amide bonds. The molecule has 0 unspecified atom stereocenters. The van der Waals surface area contributed by atoms with Gasteiger partial charge in [-0.15, -0.1) is 10.2 Å². The van der Waals surface area contributed by atoms with Crippen molar-refractivity contribution in [3.63, 3.8) is 0 Å². The molecule has 0 saturated carbocycles. The first-order chi connectivity index (χ1) is 9.08. The van der Waals surface area contributed by atoms with Gasteiger partial charge in [0, 0.05) is 26.2 Å². The minimum Gasteiger partial charge on any atom is -0.367 e. The maximum Gasteiger partial charge on any atom is 0.274 e. The normalized spacial score (nSPS) is 10.6. The van der Waals surface area contributed by atoms with E-state index in [1.165, 1.54) is 0 Å². The fourth-order valence-electron chi connectivity index (χ4n) is 1.62. The van der Waals surface area contributed by atoms with Crippen LogP contribution in [0.4, 0.5) is 5.82 Å². The first kappa shape index (κ1) is 15.4. The number of anilines is 1. The highest BCUT2D eigenvalue weighted by Crippen LogP contribution is 2.05. The number of amides is 1. The molecule has 1 aromatic rings. The van der Waals surface area contributed by atoms with Crippen molar-refractivity contribution in [3.05, 3.63) is 17.8 Å². The highest BCUT2D eigenvalue weighted by molar-refractivity contribution is 5.92. The van der Waals surface area contributed by atoms with Crippen LogP contribution in [-0.2, 0) is 0 Å². The van der Waals surface area contributed by atoms with Crippen molar-refractivity contribution in [2.45, 2.75) is 13.8 Å². The molecule has 0 aliphatic rings. The molecule has 6 heteroatoms. The predicted molar refractivity (Wildman–Crippen MR) is 76.3 cm³/mol. The molecule has 1 N–H and O–H groups in total. The molecule has 6 nitrogen and oxygen atoms in total. The van der Waals surface area contributed by atoms with E-state index < -0.39 is 0 Å². The van der Waals surface area contributed by atoms with Gasteiger partial charge in [0.2, 0.25) is 0 Å². The average Bonchev–Trinajstić information content (AvgIpc) is 2.40. The maximum absolute atomic E-state index is 12.0. The monoisotopic (exact) mass is 265 g/mol. The molecule has 0 aliphatic carbocycles. The number of aromatic nitrogens is 2. The Bertz CT molecular complexity index is 387. The van der Waals surface area contributed by atoms with Crippen LogP contribution in [0.3, 0.4) is 0 Å². The van der Waals surface area contributed by atoms with Gasteiger partial charge in [0.15, 0.2) is 5.69 Å². The molecule has 0 radical (unpaired) electrons. The Morgan fingerprint density at radius 2 is 1.89 bits per heavy atom. The summed E-state index contributed by atoms with van der Waals surface area (Å²) in [6.07, 6.45) is 0. The largest absolute Gasteiger partial charge is 0.367 e. The van der Waals surface area contributed by atoms with Crippen LogP contribution in [0.2, 0.25) is 0 Å². The quantitative estimate of drug-likeness (QED) is 0.795. The van der Waals surface area contributed by atoms with Crippen LogP contribution in [0.1, 0.15) is 24.3 Å². The van der Waals surface area contributed by atoms with Crippen molar-refractivity contribution in [1.29, 1.82) is 0 Å². The summed E-state index contributed by atoms with van der Waals surface area (Å²) in [4.78, 5) is 15.8. The molecule has 0 aliphatic heterocycles. The van der Waals surface area contributed by atoms with E-state index in [0.717, 1.165) is 13.1 Å². The summed E-state index contributed by atoms with van der Waals surface area (Å²) in [6, 6.07) is 3.50. The second-order valence-electron chi connectivity index (χ2n) is 4.51. The van der Waals surface area contributed by atoms with Crippen LogP contribution in [0.15, 0.2) is 12.1 Å². The zero-order valence-electron chi connectivity index (χ0n) is 12.2. The first-order valence-electron chi connectivity index (χ1n) is 6.60. The van der Waals surface area contributed by atoms with Gasteiger partial charge < -0.3 is 15.1 Å². The van der Waals surface area contributed by atoms with E-state index in [0.29, 0.717) is 24.6 Å². The Hall–Kier alpha value is -1.69. The number of rotatable bonds is 7.